The maximum absolute atomic E-state index is 5.46. The van der Waals surface area contributed by atoms with E-state index in [0.717, 1.165) is 64.5 Å². The summed E-state index contributed by atoms with van der Waals surface area (Å²) in [4.78, 5) is 18.6. The van der Waals surface area contributed by atoms with Crippen molar-refractivity contribution in [1.82, 2.24) is 15.0 Å². The average molecular weight is 348 g/mol. The van der Waals surface area contributed by atoms with E-state index in [1.807, 2.05) is 0 Å². The molecule has 8 heteroatoms. The molecule has 25 heavy (non-hydrogen) atoms. The van der Waals surface area contributed by atoms with Gasteiger partial charge in [0.2, 0.25) is 17.8 Å². The molecule has 4 rings (SSSR count). The molecule has 1 N–H and O–H groups in total. The van der Waals surface area contributed by atoms with Gasteiger partial charge in [0.1, 0.15) is 0 Å². The van der Waals surface area contributed by atoms with Crippen molar-refractivity contribution in [3.63, 3.8) is 0 Å². The van der Waals surface area contributed by atoms with Gasteiger partial charge in [0.25, 0.3) is 0 Å². The summed E-state index contributed by atoms with van der Waals surface area (Å²) in [6.07, 6.45) is 6.31. The van der Waals surface area contributed by atoms with Crippen LogP contribution in [-0.2, 0) is 9.47 Å². The van der Waals surface area contributed by atoms with Gasteiger partial charge in [0.05, 0.1) is 26.4 Å². The minimum atomic E-state index is 0.478. The monoisotopic (exact) mass is 348 g/mol. The molecule has 0 spiro atoms. The van der Waals surface area contributed by atoms with Crippen LogP contribution >= 0.6 is 0 Å². The second-order valence-electron chi connectivity index (χ2n) is 6.94. The van der Waals surface area contributed by atoms with Crippen LogP contribution in [0.1, 0.15) is 32.1 Å². The summed E-state index contributed by atoms with van der Waals surface area (Å²) in [6, 6.07) is 0.478. The smallest absolute Gasteiger partial charge is 0.232 e. The van der Waals surface area contributed by atoms with Gasteiger partial charge < -0.3 is 24.6 Å². The Labute approximate surface area is 148 Å². The van der Waals surface area contributed by atoms with E-state index < -0.39 is 0 Å². The maximum atomic E-state index is 5.46. The minimum absolute atomic E-state index is 0.478. The molecule has 1 aromatic heterocycles. The van der Waals surface area contributed by atoms with Crippen molar-refractivity contribution in [1.29, 1.82) is 0 Å². The van der Waals surface area contributed by atoms with Gasteiger partial charge >= 0.3 is 0 Å². The fourth-order valence-electron chi connectivity index (χ4n) is 3.66. The van der Waals surface area contributed by atoms with Crippen molar-refractivity contribution < 1.29 is 9.47 Å². The van der Waals surface area contributed by atoms with Crippen LogP contribution in [-0.4, -0.2) is 73.6 Å². The molecular weight excluding hydrogens is 320 g/mol. The SMILES string of the molecule is C1CCC(Nc2nc(N3CCOCC3)nc(N3CCOCC3)n2)CC1. The predicted molar refractivity (Wildman–Crippen MR) is 96.4 cm³/mol. The lowest BCUT2D eigenvalue weighted by atomic mass is 9.96. The molecule has 8 nitrogen and oxygen atoms in total. The van der Waals surface area contributed by atoms with E-state index in [1.165, 1.54) is 32.1 Å². The van der Waals surface area contributed by atoms with Gasteiger partial charge in [0, 0.05) is 32.2 Å². The van der Waals surface area contributed by atoms with E-state index in [2.05, 4.69) is 15.1 Å². The molecule has 0 unspecified atom stereocenters. The number of morpholine rings is 2. The topological polar surface area (TPSA) is 75.6 Å². The van der Waals surface area contributed by atoms with Crippen molar-refractivity contribution in [2.24, 2.45) is 0 Å². The summed E-state index contributed by atoms with van der Waals surface area (Å²) >= 11 is 0. The van der Waals surface area contributed by atoms with Gasteiger partial charge in [-0.25, -0.2) is 0 Å². The van der Waals surface area contributed by atoms with E-state index in [-0.39, 0.29) is 0 Å². The largest absolute Gasteiger partial charge is 0.378 e. The zero-order valence-electron chi connectivity index (χ0n) is 14.8. The Morgan fingerprint density at radius 2 is 1.24 bits per heavy atom. The highest BCUT2D eigenvalue weighted by molar-refractivity contribution is 5.46. The van der Waals surface area contributed by atoms with Crippen molar-refractivity contribution in [3.8, 4) is 0 Å². The molecular formula is C17H28N6O2. The lowest BCUT2D eigenvalue weighted by molar-refractivity contribution is 0.121. The Morgan fingerprint density at radius 1 is 0.720 bits per heavy atom. The van der Waals surface area contributed by atoms with Gasteiger partial charge in [0.15, 0.2) is 0 Å². The first-order chi connectivity index (χ1) is 12.4. The third-order valence-corrected chi connectivity index (χ3v) is 5.14. The summed E-state index contributed by atoms with van der Waals surface area (Å²) in [5, 5.41) is 3.56. The first-order valence-corrected chi connectivity index (χ1v) is 9.56. The fraction of sp³-hybridized carbons (Fsp3) is 0.824. The second kappa shape index (κ2) is 8.14. The first kappa shape index (κ1) is 16.8. The van der Waals surface area contributed by atoms with Crippen LogP contribution in [0, 0.1) is 0 Å². The van der Waals surface area contributed by atoms with E-state index in [1.54, 1.807) is 0 Å². The zero-order valence-corrected chi connectivity index (χ0v) is 14.8. The van der Waals surface area contributed by atoms with Crippen LogP contribution < -0.4 is 15.1 Å². The molecule has 0 atom stereocenters. The minimum Gasteiger partial charge on any atom is -0.378 e. The molecule has 138 valence electrons. The fourth-order valence-corrected chi connectivity index (χ4v) is 3.66. The second-order valence-corrected chi connectivity index (χ2v) is 6.94. The van der Waals surface area contributed by atoms with Crippen molar-refractivity contribution >= 4 is 17.8 Å². The molecule has 0 aromatic carbocycles. The van der Waals surface area contributed by atoms with Gasteiger partial charge in [-0.1, -0.05) is 19.3 Å². The first-order valence-electron chi connectivity index (χ1n) is 9.56. The van der Waals surface area contributed by atoms with Crippen LogP contribution in [0.2, 0.25) is 0 Å². The van der Waals surface area contributed by atoms with Crippen molar-refractivity contribution in [2.45, 2.75) is 38.1 Å². The third kappa shape index (κ3) is 4.30. The molecule has 3 heterocycles. The van der Waals surface area contributed by atoms with Gasteiger partial charge in [-0.15, -0.1) is 0 Å². The van der Waals surface area contributed by atoms with Crippen molar-refractivity contribution in [2.75, 3.05) is 67.7 Å². The van der Waals surface area contributed by atoms with Crippen LogP contribution in [0.5, 0.6) is 0 Å². The number of anilines is 3. The van der Waals surface area contributed by atoms with E-state index in [4.69, 9.17) is 24.4 Å². The number of aromatic nitrogens is 3. The van der Waals surface area contributed by atoms with E-state index in [9.17, 15) is 0 Å². The van der Waals surface area contributed by atoms with Gasteiger partial charge in [-0.3, -0.25) is 0 Å². The van der Waals surface area contributed by atoms with E-state index in [0.29, 0.717) is 12.0 Å². The maximum Gasteiger partial charge on any atom is 0.232 e. The molecule has 0 bridgehead atoms. The number of hydrogen-bond acceptors (Lipinski definition) is 8. The summed E-state index contributed by atoms with van der Waals surface area (Å²) in [6.45, 7) is 6.22. The summed E-state index contributed by atoms with van der Waals surface area (Å²) in [7, 11) is 0. The van der Waals surface area contributed by atoms with Crippen LogP contribution in [0.25, 0.3) is 0 Å². The number of nitrogens with zero attached hydrogens (tertiary/aromatic N) is 5. The molecule has 1 aromatic rings. The molecule has 3 fully saturated rings. The highest BCUT2D eigenvalue weighted by atomic mass is 16.5. The number of hydrogen-bond donors (Lipinski definition) is 1. The average Bonchev–Trinajstić information content (AvgIpc) is 2.70. The highest BCUT2D eigenvalue weighted by Crippen LogP contribution is 2.23. The molecule has 2 saturated heterocycles. The lowest BCUT2D eigenvalue weighted by Gasteiger charge is -2.31. The summed E-state index contributed by atoms with van der Waals surface area (Å²) in [5.41, 5.74) is 0. The number of nitrogens with one attached hydrogen (secondary N) is 1. The van der Waals surface area contributed by atoms with Crippen molar-refractivity contribution in [3.05, 3.63) is 0 Å². The highest BCUT2D eigenvalue weighted by Gasteiger charge is 2.22. The standard InChI is InChI=1S/C17H28N6O2/c1-2-4-14(5-3-1)18-15-19-16(22-6-10-24-11-7-22)21-17(20-15)23-8-12-25-13-9-23/h14H,1-13H2,(H,18,19,20,21). The molecule has 1 saturated carbocycles. The number of rotatable bonds is 4. The summed E-state index contributed by atoms with van der Waals surface area (Å²) in [5.74, 6) is 2.24. The molecule has 3 aliphatic rings. The van der Waals surface area contributed by atoms with Crippen LogP contribution in [0.4, 0.5) is 17.8 Å². The molecule has 0 amide bonds. The summed E-state index contributed by atoms with van der Waals surface area (Å²) < 4.78 is 10.9. The Bertz CT molecular complexity index is 518. The quantitative estimate of drug-likeness (QED) is 0.872. The normalized spacial score (nSPS) is 22.9. The Morgan fingerprint density at radius 3 is 1.76 bits per heavy atom. The Kier molecular flexibility index (Phi) is 5.46. The van der Waals surface area contributed by atoms with E-state index >= 15 is 0 Å². The molecule has 1 aliphatic carbocycles. The zero-order chi connectivity index (χ0) is 16.9. The predicted octanol–water partition coefficient (Wildman–Crippen LogP) is 1.29. The Balaban J connectivity index is 1.56. The van der Waals surface area contributed by atoms with Crippen LogP contribution in [0.3, 0.4) is 0 Å². The lowest BCUT2D eigenvalue weighted by Crippen LogP contribution is -2.40. The number of ether oxygens (including phenoxy) is 2. The molecule has 2 aliphatic heterocycles. The van der Waals surface area contributed by atoms with Crippen LogP contribution in [0.15, 0.2) is 0 Å². The van der Waals surface area contributed by atoms with Gasteiger partial charge in [-0.05, 0) is 12.8 Å². The third-order valence-electron chi connectivity index (χ3n) is 5.14. The Hall–Kier alpha value is -1.67. The molecule has 0 radical (unpaired) electrons. The van der Waals surface area contributed by atoms with Gasteiger partial charge in [-0.2, -0.15) is 15.0 Å².